The molecule has 0 amide bonds. The summed E-state index contributed by atoms with van der Waals surface area (Å²) in [5.41, 5.74) is 14.8. The zero-order chi connectivity index (χ0) is 24.5. The summed E-state index contributed by atoms with van der Waals surface area (Å²) >= 11 is 0. The molecule has 0 fully saturated rings. The highest BCUT2D eigenvalue weighted by molar-refractivity contribution is 5.67. The molecule has 176 valence electrons. The lowest BCUT2D eigenvalue weighted by molar-refractivity contribution is -0.144. The van der Waals surface area contributed by atoms with E-state index in [2.05, 4.69) is 20.2 Å². The van der Waals surface area contributed by atoms with Crippen LogP contribution in [0.25, 0.3) is 16.8 Å². The molecule has 34 heavy (non-hydrogen) atoms. The summed E-state index contributed by atoms with van der Waals surface area (Å²) in [6.45, 7) is 1.71. The fraction of sp³-hybridized carbons (Fsp3) is 0.182. The lowest BCUT2D eigenvalue weighted by Crippen LogP contribution is -2.14. The van der Waals surface area contributed by atoms with Gasteiger partial charge in [0, 0.05) is 47.9 Å². The predicted octanol–water partition coefficient (Wildman–Crippen LogP) is 3.65. The third kappa shape index (κ3) is 4.53. The van der Waals surface area contributed by atoms with Crippen molar-refractivity contribution in [1.82, 2.24) is 24.4 Å². The molecule has 0 saturated carbocycles. The summed E-state index contributed by atoms with van der Waals surface area (Å²) in [6, 6.07) is 7.42. The van der Waals surface area contributed by atoms with E-state index < -0.39 is 23.9 Å². The zero-order valence-corrected chi connectivity index (χ0v) is 17.9. The highest BCUT2D eigenvalue weighted by atomic mass is 19.4. The maximum absolute atomic E-state index is 14.1. The lowest BCUT2D eigenvalue weighted by atomic mass is 10.1. The van der Waals surface area contributed by atoms with Crippen LogP contribution in [0.2, 0.25) is 0 Å². The van der Waals surface area contributed by atoms with Gasteiger partial charge in [-0.25, -0.2) is 23.7 Å². The monoisotopic (exact) mass is 472 g/mol. The number of para-hydroxylation sites is 1. The van der Waals surface area contributed by atoms with E-state index in [0.717, 1.165) is 24.3 Å². The quantitative estimate of drug-likeness (QED) is 0.253. The topological polar surface area (TPSA) is 113 Å². The average molecular weight is 472 g/mol. The number of halogens is 4. The Balaban J connectivity index is 1.75. The summed E-state index contributed by atoms with van der Waals surface area (Å²) in [5.74, 6) is -1.66. The molecule has 12 heteroatoms. The van der Waals surface area contributed by atoms with Crippen molar-refractivity contribution >= 4 is 6.34 Å². The van der Waals surface area contributed by atoms with Crippen LogP contribution >= 0.6 is 0 Å². The van der Waals surface area contributed by atoms with Crippen LogP contribution < -0.4 is 11.5 Å². The first kappa shape index (κ1) is 23.1. The lowest BCUT2D eigenvalue weighted by Gasteiger charge is -2.12. The number of nitrogens with zero attached hydrogens (tertiary/aromatic N) is 6. The SMILES string of the molecule is CC(N)c1c(-c2cnc(C(F)(F)F)nc2)cc(Cc2cnn(-c3ccccc3F)c2)n1/N=C\N. The van der Waals surface area contributed by atoms with Gasteiger partial charge in [-0.05, 0) is 30.7 Å². The van der Waals surface area contributed by atoms with Crippen molar-refractivity contribution in [3.8, 4) is 16.8 Å². The molecule has 0 radical (unpaired) electrons. The maximum atomic E-state index is 14.1. The molecular formula is C22H20F4N8. The van der Waals surface area contributed by atoms with Gasteiger partial charge >= 0.3 is 6.18 Å². The van der Waals surface area contributed by atoms with E-state index in [1.54, 1.807) is 43.6 Å². The van der Waals surface area contributed by atoms with Crippen molar-refractivity contribution < 1.29 is 17.6 Å². The molecule has 1 aromatic carbocycles. The molecule has 3 aromatic heterocycles. The smallest absolute Gasteiger partial charge is 0.388 e. The number of rotatable bonds is 6. The van der Waals surface area contributed by atoms with Gasteiger partial charge in [-0.3, -0.25) is 0 Å². The number of hydrogen-bond donors (Lipinski definition) is 2. The molecule has 0 bridgehead atoms. The van der Waals surface area contributed by atoms with E-state index in [1.165, 1.54) is 15.4 Å². The molecule has 0 aliphatic rings. The largest absolute Gasteiger partial charge is 0.451 e. The van der Waals surface area contributed by atoms with Gasteiger partial charge in [0.1, 0.15) is 17.8 Å². The first-order valence-electron chi connectivity index (χ1n) is 10.1. The molecule has 8 nitrogen and oxygen atoms in total. The Morgan fingerprint density at radius 2 is 1.85 bits per heavy atom. The van der Waals surface area contributed by atoms with E-state index in [4.69, 9.17) is 11.5 Å². The van der Waals surface area contributed by atoms with Crippen molar-refractivity contribution in [2.45, 2.75) is 25.6 Å². The summed E-state index contributed by atoms with van der Waals surface area (Å²) in [6.07, 6.45) is 2.19. The van der Waals surface area contributed by atoms with Crippen LogP contribution in [0.5, 0.6) is 0 Å². The van der Waals surface area contributed by atoms with E-state index >= 15 is 0 Å². The molecule has 0 aliphatic heterocycles. The van der Waals surface area contributed by atoms with Crippen LogP contribution in [0.3, 0.4) is 0 Å². The van der Waals surface area contributed by atoms with Gasteiger partial charge in [0.25, 0.3) is 0 Å². The standard InChI is InChI=1S/C22H20F4N8/c1-13(28)20-17(15-9-29-21(30-10-15)22(24,25)26)7-16(34(20)32-12-27)6-14-8-31-33(11-14)19-5-3-2-4-18(19)23/h2-5,7-13H,6,28H2,1H3,(H2,27,32). The Morgan fingerprint density at radius 1 is 1.15 bits per heavy atom. The number of nitrogens with two attached hydrogens (primary N) is 2. The molecule has 0 saturated heterocycles. The first-order chi connectivity index (χ1) is 16.2. The summed E-state index contributed by atoms with van der Waals surface area (Å²) in [5, 5.41) is 8.41. The minimum atomic E-state index is -4.65. The molecular weight excluding hydrogens is 452 g/mol. The highest BCUT2D eigenvalue weighted by Gasteiger charge is 2.34. The molecule has 4 aromatic rings. The van der Waals surface area contributed by atoms with Crippen molar-refractivity contribution in [3.63, 3.8) is 0 Å². The van der Waals surface area contributed by atoms with Crippen LogP contribution in [-0.4, -0.2) is 30.8 Å². The van der Waals surface area contributed by atoms with E-state index in [1.807, 2.05) is 0 Å². The predicted molar refractivity (Wildman–Crippen MR) is 117 cm³/mol. The third-order valence-electron chi connectivity index (χ3n) is 5.04. The van der Waals surface area contributed by atoms with Gasteiger partial charge in [0.15, 0.2) is 0 Å². The second-order valence-corrected chi connectivity index (χ2v) is 7.51. The van der Waals surface area contributed by atoms with Crippen molar-refractivity contribution in [1.29, 1.82) is 0 Å². The molecule has 0 aliphatic carbocycles. The van der Waals surface area contributed by atoms with Crippen molar-refractivity contribution in [3.05, 3.63) is 83.7 Å². The Labute approximate surface area is 191 Å². The van der Waals surface area contributed by atoms with Crippen LogP contribution in [0.1, 0.15) is 35.7 Å². The van der Waals surface area contributed by atoms with Gasteiger partial charge < -0.3 is 11.5 Å². The third-order valence-corrected chi connectivity index (χ3v) is 5.04. The van der Waals surface area contributed by atoms with Gasteiger partial charge in [-0.1, -0.05) is 12.1 Å². The number of benzene rings is 1. The van der Waals surface area contributed by atoms with Crippen molar-refractivity contribution in [2.75, 3.05) is 0 Å². The fourth-order valence-corrected chi connectivity index (χ4v) is 3.61. The summed E-state index contributed by atoms with van der Waals surface area (Å²) in [4.78, 5) is 6.89. The highest BCUT2D eigenvalue weighted by Crippen LogP contribution is 2.33. The van der Waals surface area contributed by atoms with Crippen LogP contribution in [0.15, 0.2) is 60.2 Å². The Bertz CT molecular complexity index is 1320. The summed E-state index contributed by atoms with van der Waals surface area (Å²) in [7, 11) is 0. The normalized spacial score (nSPS) is 13.0. The van der Waals surface area contributed by atoms with Gasteiger partial charge in [0.05, 0.1) is 11.9 Å². The molecule has 0 spiro atoms. The second kappa shape index (κ2) is 9.06. The average Bonchev–Trinajstić information content (AvgIpc) is 3.39. The van der Waals surface area contributed by atoms with Crippen LogP contribution in [-0.2, 0) is 12.6 Å². The molecule has 1 unspecified atom stereocenters. The van der Waals surface area contributed by atoms with Gasteiger partial charge in [-0.15, -0.1) is 0 Å². The van der Waals surface area contributed by atoms with Crippen LogP contribution in [0.4, 0.5) is 17.6 Å². The van der Waals surface area contributed by atoms with E-state index in [-0.39, 0.29) is 0 Å². The number of aromatic nitrogens is 5. The molecule has 1 atom stereocenters. The van der Waals surface area contributed by atoms with E-state index in [9.17, 15) is 17.6 Å². The van der Waals surface area contributed by atoms with Gasteiger partial charge in [-0.2, -0.15) is 23.4 Å². The number of hydrogen-bond acceptors (Lipinski definition) is 5. The van der Waals surface area contributed by atoms with Crippen molar-refractivity contribution in [2.24, 2.45) is 16.6 Å². The Hall–Kier alpha value is -4.06. The Kier molecular flexibility index (Phi) is 6.16. The fourth-order valence-electron chi connectivity index (χ4n) is 3.61. The first-order valence-corrected chi connectivity index (χ1v) is 10.1. The number of alkyl halides is 3. The second-order valence-electron chi connectivity index (χ2n) is 7.51. The minimum absolute atomic E-state index is 0.294. The molecule has 4 N–H and O–H groups in total. The minimum Gasteiger partial charge on any atom is -0.388 e. The van der Waals surface area contributed by atoms with Crippen LogP contribution in [0, 0.1) is 5.82 Å². The molecule has 4 rings (SSSR count). The zero-order valence-electron chi connectivity index (χ0n) is 17.9. The maximum Gasteiger partial charge on any atom is 0.451 e. The molecule has 3 heterocycles. The van der Waals surface area contributed by atoms with E-state index in [0.29, 0.717) is 34.6 Å². The Morgan fingerprint density at radius 3 is 2.47 bits per heavy atom. The van der Waals surface area contributed by atoms with Gasteiger partial charge in [0.2, 0.25) is 5.82 Å². The summed E-state index contributed by atoms with van der Waals surface area (Å²) < 4.78 is 55.7.